The predicted molar refractivity (Wildman–Crippen MR) is 124 cm³/mol. The summed E-state index contributed by atoms with van der Waals surface area (Å²) in [5.41, 5.74) is 1.99. The molecule has 1 amide bonds. The van der Waals surface area contributed by atoms with E-state index >= 15 is 0 Å². The number of para-hydroxylation sites is 1. The molecule has 2 heterocycles. The number of methoxy groups -OCH3 is 1. The molecule has 2 aromatic carbocycles. The van der Waals surface area contributed by atoms with Gasteiger partial charge in [-0.05, 0) is 42.8 Å². The number of aromatic hydroxyl groups is 1. The van der Waals surface area contributed by atoms with Gasteiger partial charge in [0.25, 0.3) is 11.5 Å². The molecule has 1 N–H and O–H groups in total. The van der Waals surface area contributed by atoms with Crippen LogP contribution >= 0.6 is 11.8 Å². The van der Waals surface area contributed by atoms with Crippen molar-refractivity contribution in [2.75, 3.05) is 12.9 Å². The number of aliphatic imine (C=N–C) groups is 1. The highest BCUT2D eigenvalue weighted by Crippen LogP contribution is 2.27. The molecule has 0 aliphatic carbocycles. The van der Waals surface area contributed by atoms with Gasteiger partial charge in [0.05, 0.1) is 30.5 Å². The third-order valence-electron chi connectivity index (χ3n) is 5.00. The first kappa shape index (κ1) is 21.4. The van der Waals surface area contributed by atoms with E-state index in [1.165, 1.54) is 40.8 Å². The standard InChI is InChI=1S/C22H21N5O4S/c1-14-20(21(30)27(25(14)2)16-7-5-4-6-8-16)24-22-26(19(29)13-32-22)23-12-15-9-10-17(28)18(11-15)31-3/h4-12,28H,13H2,1-3H3/b23-12+,24-22?. The Labute approximate surface area is 188 Å². The SMILES string of the molecule is COc1cc(/C=N/N2C(=O)CSC2=Nc2c(C)n(C)n(-c3ccccc3)c2=O)ccc1O. The van der Waals surface area contributed by atoms with Crippen molar-refractivity contribution in [2.24, 2.45) is 17.1 Å². The summed E-state index contributed by atoms with van der Waals surface area (Å²) in [6, 6.07) is 14.0. The highest BCUT2D eigenvalue weighted by Gasteiger charge is 2.29. The van der Waals surface area contributed by atoms with Crippen LogP contribution < -0.4 is 10.3 Å². The second kappa shape index (κ2) is 8.75. The molecule has 3 aromatic rings. The number of aromatic nitrogens is 2. The van der Waals surface area contributed by atoms with Crippen molar-refractivity contribution in [3.8, 4) is 17.2 Å². The van der Waals surface area contributed by atoms with E-state index in [-0.39, 0.29) is 28.7 Å². The van der Waals surface area contributed by atoms with Crippen LogP contribution in [0.4, 0.5) is 5.69 Å². The molecule has 1 aliphatic heterocycles. The third-order valence-corrected chi connectivity index (χ3v) is 5.91. The average Bonchev–Trinajstić information content (AvgIpc) is 3.25. The second-order valence-electron chi connectivity index (χ2n) is 6.97. The van der Waals surface area contributed by atoms with Gasteiger partial charge in [-0.2, -0.15) is 10.1 Å². The number of phenolic OH excluding ortho intramolecular Hbond substituents is 1. The summed E-state index contributed by atoms with van der Waals surface area (Å²) in [5.74, 6) is 0.237. The van der Waals surface area contributed by atoms with Crippen LogP contribution in [0.5, 0.6) is 11.5 Å². The molecule has 0 unspecified atom stereocenters. The van der Waals surface area contributed by atoms with Gasteiger partial charge in [-0.1, -0.05) is 30.0 Å². The van der Waals surface area contributed by atoms with Crippen LogP contribution in [0.15, 0.2) is 63.4 Å². The van der Waals surface area contributed by atoms with E-state index in [1.54, 1.807) is 30.8 Å². The molecular formula is C22H21N5O4S. The molecular weight excluding hydrogens is 430 g/mol. The molecule has 164 valence electrons. The number of amidine groups is 1. The zero-order valence-corrected chi connectivity index (χ0v) is 18.5. The Bertz CT molecular complexity index is 1290. The van der Waals surface area contributed by atoms with Gasteiger partial charge in [0.2, 0.25) is 0 Å². The lowest BCUT2D eigenvalue weighted by Crippen LogP contribution is -2.24. The van der Waals surface area contributed by atoms with Crippen LogP contribution in [0.1, 0.15) is 11.3 Å². The van der Waals surface area contributed by atoms with Crippen molar-refractivity contribution < 1.29 is 14.6 Å². The van der Waals surface area contributed by atoms with Crippen molar-refractivity contribution >= 4 is 34.7 Å². The van der Waals surface area contributed by atoms with Gasteiger partial charge in [-0.25, -0.2) is 9.67 Å². The van der Waals surface area contributed by atoms with E-state index in [0.29, 0.717) is 22.2 Å². The first-order valence-corrected chi connectivity index (χ1v) is 10.7. The van der Waals surface area contributed by atoms with Gasteiger partial charge in [0, 0.05) is 7.05 Å². The number of hydrogen-bond donors (Lipinski definition) is 1. The van der Waals surface area contributed by atoms with Crippen molar-refractivity contribution in [2.45, 2.75) is 6.92 Å². The Morgan fingerprint density at radius 1 is 1.16 bits per heavy atom. The number of nitrogens with zero attached hydrogens (tertiary/aromatic N) is 5. The first-order valence-electron chi connectivity index (χ1n) is 9.70. The Morgan fingerprint density at radius 3 is 2.62 bits per heavy atom. The third kappa shape index (κ3) is 3.92. The maximum absolute atomic E-state index is 13.1. The number of ether oxygens (including phenoxy) is 1. The Balaban J connectivity index is 1.70. The van der Waals surface area contributed by atoms with Crippen LogP contribution in [-0.4, -0.2) is 49.6 Å². The van der Waals surface area contributed by atoms with Crippen LogP contribution in [0.25, 0.3) is 5.69 Å². The van der Waals surface area contributed by atoms with E-state index in [4.69, 9.17) is 4.74 Å². The van der Waals surface area contributed by atoms with Crippen LogP contribution in [-0.2, 0) is 11.8 Å². The maximum atomic E-state index is 13.1. The Hall–Kier alpha value is -3.79. The maximum Gasteiger partial charge on any atom is 0.297 e. The molecule has 0 spiro atoms. The molecule has 0 saturated carbocycles. The van der Waals surface area contributed by atoms with Gasteiger partial charge in [-0.3, -0.25) is 14.3 Å². The lowest BCUT2D eigenvalue weighted by Gasteiger charge is -2.09. The van der Waals surface area contributed by atoms with Crippen LogP contribution in [0.2, 0.25) is 0 Å². The average molecular weight is 452 g/mol. The summed E-state index contributed by atoms with van der Waals surface area (Å²) < 4.78 is 8.36. The molecule has 1 aliphatic rings. The highest BCUT2D eigenvalue weighted by atomic mass is 32.2. The fourth-order valence-corrected chi connectivity index (χ4v) is 4.03. The number of amides is 1. The number of rotatable bonds is 5. The smallest absolute Gasteiger partial charge is 0.297 e. The van der Waals surface area contributed by atoms with Gasteiger partial charge in [0.1, 0.15) is 0 Å². The van der Waals surface area contributed by atoms with Crippen molar-refractivity contribution in [3.63, 3.8) is 0 Å². The fourth-order valence-electron chi connectivity index (χ4n) is 3.23. The topological polar surface area (TPSA) is 101 Å². The molecule has 9 nitrogen and oxygen atoms in total. The lowest BCUT2D eigenvalue weighted by atomic mass is 10.2. The number of carbonyl (C=O) groups excluding carboxylic acids is 1. The molecule has 32 heavy (non-hydrogen) atoms. The number of benzene rings is 2. The second-order valence-corrected chi connectivity index (χ2v) is 7.92. The lowest BCUT2D eigenvalue weighted by molar-refractivity contribution is -0.124. The molecule has 0 radical (unpaired) electrons. The quantitative estimate of drug-likeness (QED) is 0.601. The molecule has 1 fully saturated rings. The molecule has 0 atom stereocenters. The van der Waals surface area contributed by atoms with Crippen molar-refractivity contribution in [3.05, 3.63) is 70.1 Å². The van der Waals surface area contributed by atoms with Gasteiger partial charge in [-0.15, -0.1) is 0 Å². The number of carbonyl (C=O) groups is 1. The normalized spacial score (nSPS) is 15.3. The number of thioether (sulfide) groups is 1. The molecule has 1 aromatic heterocycles. The van der Waals surface area contributed by atoms with Crippen LogP contribution in [0, 0.1) is 6.92 Å². The van der Waals surface area contributed by atoms with E-state index < -0.39 is 0 Å². The first-order chi connectivity index (χ1) is 15.4. The van der Waals surface area contributed by atoms with E-state index in [0.717, 1.165) is 5.69 Å². The Kier molecular flexibility index (Phi) is 5.87. The largest absolute Gasteiger partial charge is 0.504 e. The van der Waals surface area contributed by atoms with E-state index in [9.17, 15) is 14.7 Å². The monoisotopic (exact) mass is 451 g/mol. The van der Waals surface area contributed by atoms with Gasteiger partial charge in [0.15, 0.2) is 22.4 Å². The zero-order valence-electron chi connectivity index (χ0n) is 17.7. The van der Waals surface area contributed by atoms with Crippen molar-refractivity contribution in [1.29, 1.82) is 0 Å². The van der Waals surface area contributed by atoms with Gasteiger partial charge >= 0.3 is 0 Å². The number of hydrogen-bond acceptors (Lipinski definition) is 7. The predicted octanol–water partition coefficient (Wildman–Crippen LogP) is 2.80. The summed E-state index contributed by atoms with van der Waals surface area (Å²) in [7, 11) is 3.24. The minimum atomic E-state index is -0.282. The summed E-state index contributed by atoms with van der Waals surface area (Å²) in [6.45, 7) is 1.80. The highest BCUT2D eigenvalue weighted by molar-refractivity contribution is 8.15. The summed E-state index contributed by atoms with van der Waals surface area (Å²) >= 11 is 1.22. The van der Waals surface area contributed by atoms with E-state index in [1.807, 2.05) is 30.3 Å². The molecule has 10 heteroatoms. The zero-order chi connectivity index (χ0) is 22.8. The van der Waals surface area contributed by atoms with E-state index in [2.05, 4.69) is 10.1 Å². The Morgan fingerprint density at radius 2 is 1.91 bits per heavy atom. The molecule has 0 bridgehead atoms. The molecule has 1 saturated heterocycles. The minimum absolute atomic E-state index is 0.00829. The molecule has 4 rings (SSSR count). The van der Waals surface area contributed by atoms with Crippen LogP contribution in [0.3, 0.4) is 0 Å². The number of hydrazone groups is 1. The number of phenols is 1. The minimum Gasteiger partial charge on any atom is -0.504 e. The summed E-state index contributed by atoms with van der Waals surface area (Å²) in [5, 5.41) is 15.5. The van der Waals surface area contributed by atoms with Gasteiger partial charge < -0.3 is 9.84 Å². The van der Waals surface area contributed by atoms with Crippen molar-refractivity contribution in [1.82, 2.24) is 14.4 Å². The summed E-state index contributed by atoms with van der Waals surface area (Å²) in [4.78, 5) is 30.0. The fraction of sp³-hybridized carbons (Fsp3) is 0.182. The summed E-state index contributed by atoms with van der Waals surface area (Å²) in [6.07, 6.45) is 1.47.